The first-order chi connectivity index (χ1) is 11.7. The summed E-state index contributed by atoms with van der Waals surface area (Å²) < 4.78 is 10.2. The molecule has 0 aliphatic carbocycles. The third kappa shape index (κ3) is 4.32. The normalized spacial score (nSPS) is 14.4. The topological polar surface area (TPSA) is 131 Å². The molecule has 10 heteroatoms. The smallest absolute Gasteiger partial charge is 0.319 e. The third-order valence-electron chi connectivity index (χ3n) is 3.45. The maximum absolute atomic E-state index is 11.8. The van der Waals surface area contributed by atoms with E-state index < -0.39 is 0 Å². The van der Waals surface area contributed by atoms with E-state index in [2.05, 4.69) is 30.7 Å². The summed E-state index contributed by atoms with van der Waals surface area (Å²) in [4.78, 5) is 22.2. The van der Waals surface area contributed by atoms with Gasteiger partial charge in [0.25, 0.3) is 5.95 Å². The SMILES string of the molecule is Nc1noc(CCNC(=O)Nc2ccc(N3CCOCC3)nc2)n1. The number of rotatable bonds is 5. The first-order valence-electron chi connectivity index (χ1n) is 7.62. The van der Waals surface area contributed by atoms with Gasteiger partial charge in [0.1, 0.15) is 5.82 Å². The van der Waals surface area contributed by atoms with Crippen LogP contribution in [0.1, 0.15) is 5.89 Å². The summed E-state index contributed by atoms with van der Waals surface area (Å²) in [6.45, 7) is 3.40. The van der Waals surface area contributed by atoms with Crippen LogP contribution in [0, 0.1) is 0 Å². The van der Waals surface area contributed by atoms with Gasteiger partial charge in [-0.3, -0.25) is 0 Å². The molecule has 3 rings (SSSR count). The van der Waals surface area contributed by atoms with Crippen LogP contribution in [-0.2, 0) is 11.2 Å². The number of carbonyl (C=O) groups excluding carboxylic acids is 1. The Kier molecular flexibility index (Phi) is 5.06. The second-order valence-corrected chi connectivity index (χ2v) is 5.18. The Morgan fingerprint density at radius 3 is 2.83 bits per heavy atom. The zero-order valence-corrected chi connectivity index (χ0v) is 13.1. The largest absolute Gasteiger partial charge is 0.378 e. The quantitative estimate of drug-likeness (QED) is 0.709. The molecule has 1 aliphatic rings. The molecule has 0 bridgehead atoms. The van der Waals surface area contributed by atoms with E-state index in [0.29, 0.717) is 37.8 Å². The van der Waals surface area contributed by atoms with Gasteiger partial charge < -0.3 is 30.5 Å². The lowest BCUT2D eigenvalue weighted by Gasteiger charge is -2.27. The fourth-order valence-corrected chi connectivity index (χ4v) is 2.27. The minimum atomic E-state index is -0.330. The van der Waals surface area contributed by atoms with Crippen LogP contribution in [0.15, 0.2) is 22.9 Å². The maximum atomic E-state index is 11.8. The van der Waals surface area contributed by atoms with E-state index in [-0.39, 0.29) is 12.0 Å². The summed E-state index contributed by atoms with van der Waals surface area (Å²) in [7, 11) is 0. The van der Waals surface area contributed by atoms with Crippen LogP contribution < -0.4 is 21.3 Å². The molecule has 10 nitrogen and oxygen atoms in total. The second-order valence-electron chi connectivity index (χ2n) is 5.18. The number of nitrogen functional groups attached to an aromatic ring is 1. The van der Waals surface area contributed by atoms with Gasteiger partial charge in [0.15, 0.2) is 0 Å². The Hall–Kier alpha value is -2.88. The van der Waals surface area contributed by atoms with Gasteiger partial charge in [-0.15, -0.1) is 0 Å². The Bertz CT molecular complexity index is 667. The van der Waals surface area contributed by atoms with Crippen molar-refractivity contribution in [2.45, 2.75) is 6.42 Å². The van der Waals surface area contributed by atoms with Gasteiger partial charge in [0.05, 0.1) is 25.1 Å². The summed E-state index contributed by atoms with van der Waals surface area (Å²) in [5, 5.41) is 8.88. The van der Waals surface area contributed by atoms with E-state index in [1.165, 1.54) is 0 Å². The van der Waals surface area contributed by atoms with Crippen LogP contribution in [0.4, 0.5) is 22.2 Å². The molecule has 128 valence electrons. The number of pyridine rings is 1. The summed E-state index contributed by atoms with van der Waals surface area (Å²) in [5.41, 5.74) is 5.96. The van der Waals surface area contributed by atoms with Crippen molar-refractivity contribution in [3.63, 3.8) is 0 Å². The maximum Gasteiger partial charge on any atom is 0.319 e. The number of carbonyl (C=O) groups is 1. The first kappa shape index (κ1) is 16.0. The average Bonchev–Trinajstić information content (AvgIpc) is 3.02. The number of anilines is 3. The predicted octanol–water partition coefficient (Wildman–Crippen LogP) is 0.248. The highest BCUT2D eigenvalue weighted by Crippen LogP contribution is 2.15. The Balaban J connectivity index is 1.44. The molecule has 1 fully saturated rings. The van der Waals surface area contributed by atoms with Gasteiger partial charge in [-0.25, -0.2) is 9.78 Å². The van der Waals surface area contributed by atoms with Gasteiger partial charge in [-0.2, -0.15) is 4.98 Å². The number of hydrogen-bond donors (Lipinski definition) is 3. The molecular weight excluding hydrogens is 314 g/mol. The van der Waals surface area contributed by atoms with Gasteiger partial charge in [0.2, 0.25) is 5.89 Å². The average molecular weight is 333 g/mol. The first-order valence-corrected chi connectivity index (χ1v) is 7.62. The highest BCUT2D eigenvalue weighted by Gasteiger charge is 2.12. The highest BCUT2D eigenvalue weighted by atomic mass is 16.5. The molecule has 0 aromatic carbocycles. The highest BCUT2D eigenvalue weighted by molar-refractivity contribution is 5.89. The fourth-order valence-electron chi connectivity index (χ4n) is 2.27. The summed E-state index contributed by atoms with van der Waals surface area (Å²) in [6, 6.07) is 3.36. The predicted molar refractivity (Wildman–Crippen MR) is 86.7 cm³/mol. The van der Waals surface area contributed by atoms with Crippen molar-refractivity contribution in [1.82, 2.24) is 20.4 Å². The number of hydrogen-bond acceptors (Lipinski definition) is 8. The molecule has 1 aliphatic heterocycles. The molecule has 0 unspecified atom stereocenters. The van der Waals surface area contributed by atoms with Crippen molar-refractivity contribution in [1.29, 1.82) is 0 Å². The summed E-state index contributed by atoms with van der Waals surface area (Å²) in [5.74, 6) is 1.34. The fraction of sp³-hybridized carbons (Fsp3) is 0.429. The Morgan fingerprint density at radius 2 is 2.17 bits per heavy atom. The Labute approximate surface area is 138 Å². The second kappa shape index (κ2) is 7.59. The standard InChI is InChI=1S/C14H19N7O3/c15-13-19-12(24-20-13)3-4-16-14(22)18-10-1-2-11(17-9-10)21-5-7-23-8-6-21/h1-2,9H,3-8H2,(H2,15,20)(H2,16,18,22). The molecule has 0 saturated carbocycles. The van der Waals surface area contributed by atoms with Crippen LogP contribution in [0.2, 0.25) is 0 Å². The zero-order chi connectivity index (χ0) is 16.8. The number of ether oxygens (including phenoxy) is 1. The van der Waals surface area contributed by atoms with Crippen molar-refractivity contribution in [3.8, 4) is 0 Å². The summed E-state index contributed by atoms with van der Waals surface area (Å²) >= 11 is 0. The zero-order valence-electron chi connectivity index (χ0n) is 13.1. The van der Waals surface area contributed by atoms with E-state index in [1.807, 2.05) is 12.1 Å². The van der Waals surface area contributed by atoms with Crippen LogP contribution in [-0.4, -0.2) is 54.0 Å². The van der Waals surface area contributed by atoms with Gasteiger partial charge in [0, 0.05) is 26.1 Å². The number of nitrogens with two attached hydrogens (primary N) is 1. The van der Waals surface area contributed by atoms with Gasteiger partial charge in [-0.05, 0) is 17.3 Å². The van der Waals surface area contributed by atoms with Gasteiger partial charge in [-0.1, -0.05) is 0 Å². The van der Waals surface area contributed by atoms with E-state index in [1.54, 1.807) is 6.20 Å². The molecule has 0 spiro atoms. The summed E-state index contributed by atoms with van der Waals surface area (Å²) in [6.07, 6.45) is 2.04. The number of morpholine rings is 1. The number of amides is 2. The van der Waals surface area contributed by atoms with Crippen LogP contribution in [0.25, 0.3) is 0 Å². The number of aromatic nitrogens is 3. The third-order valence-corrected chi connectivity index (χ3v) is 3.45. The molecule has 2 amide bonds. The van der Waals surface area contributed by atoms with Crippen molar-refractivity contribution >= 4 is 23.5 Å². The molecule has 1 saturated heterocycles. The van der Waals surface area contributed by atoms with E-state index in [0.717, 1.165) is 18.9 Å². The molecule has 4 N–H and O–H groups in total. The molecule has 2 aromatic heterocycles. The lowest BCUT2D eigenvalue weighted by atomic mass is 10.3. The lowest BCUT2D eigenvalue weighted by molar-refractivity contribution is 0.122. The molecule has 0 radical (unpaired) electrons. The Morgan fingerprint density at radius 1 is 1.33 bits per heavy atom. The van der Waals surface area contributed by atoms with Crippen molar-refractivity contribution in [3.05, 3.63) is 24.2 Å². The van der Waals surface area contributed by atoms with Crippen LogP contribution >= 0.6 is 0 Å². The van der Waals surface area contributed by atoms with Crippen LogP contribution in [0.3, 0.4) is 0 Å². The number of nitrogens with zero attached hydrogens (tertiary/aromatic N) is 4. The van der Waals surface area contributed by atoms with Crippen LogP contribution in [0.5, 0.6) is 0 Å². The number of urea groups is 1. The minimum absolute atomic E-state index is 0.0842. The van der Waals surface area contributed by atoms with Gasteiger partial charge >= 0.3 is 6.03 Å². The van der Waals surface area contributed by atoms with E-state index >= 15 is 0 Å². The molecular formula is C14H19N7O3. The minimum Gasteiger partial charge on any atom is -0.378 e. The molecule has 2 aromatic rings. The lowest BCUT2D eigenvalue weighted by Crippen LogP contribution is -2.36. The number of nitrogens with one attached hydrogen (secondary N) is 2. The molecule has 3 heterocycles. The van der Waals surface area contributed by atoms with Crippen molar-refractivity contribution < 1.29 is 14.1 Å². The van der Waals surface area contributed by atoms with Crippen molar-refractivity contribution in [2.24, 2.45) is 0 Å². The van der Waals surface area contributed by atoms with Crippen molar-refractivity contribution in [2.75, 3.05) is 48.8 Å². The van der Waals surface area contributed by atoms with E-state index in [4.69, 9.17) is 15.0 Å². The monoisotopic (exact) mass is 333 g/mol. The molecule has 24 heavy (non-hydrogen) atoms. The van der Waals surface area contributed by atoms with E-state index in [9.17, 15) is 4.79 Å². The molecule has 0 atom stereocenters.